The van der Waals surface area contributed by atoms with E-state index in [-0.39, 0.29) is 34.5 Å². The molecule has 0 fully saturated rings. The second-order valence-corrected chi connectivity index (χ2v) is 6.42. The Kier molecular flexibility index (Phi) is 5.17. The predicted octanol–water partition coefficient (Wildman–Crippen LogP) is -0.531. The molecule has 3 aromatic rings. The number of aromatic nitrogens is 1. The average molecular weight is 340 g/mol. The van der Waals surface area contributed by atoms with E-state index in [0.29, 0.717) is 17.0 Å². The van der Waals surface area contributed by atoms with Crippen LogP contribution in [0.5, 0.6) is 0 Å². The number of rotatable bonds is 3. The first-order valence-electron chi connectivity index (χ1n) is 6.49. The number of nitrogens with zero attached hydrogens (tertiary/aromatic N) is 2. The largest absolute Gasteiger partial charge is 1.00 e. The molecule has 0 atom stereocenters. The van der Waals surface area contributed by atoms with E-state index >= 15 is 0 Å². The summed E-state index contributed by atoms with van der Waals surface area (Å²) in [7, 11) is -0.614. The zero-order valence-corrected chi connectivity index (χ0v) is 15.8. The van der Waals surface area contributed by atoms with E-state index in [1.807, 2.05) is 43.3 Å². The first-order chi connectivity index (χ1) is 10.3. The van der Waals surface area contributed by atoms with Gasteiger partial charge in [0.1, 0.15) is 15.6 Å². The van der Waals surface area contributed by atoms with E-state index in [2.05, 4.69) is 4.98 Å². The van der Waals surface area contributed by atoms with Crippen LogP contribution in [-0.4, -0.2) is 32.0 Å². The Morgan fingerprint density at radius 3 is 2.30 bits per heavy atom. The van der Waals surface area contributed by atoms with Gasteiger partial charge in [-0.05, 0) is 42.5 Å². The third-order valence-electron chi connectivity index (χ3n) is 3.28. The van der Waals surface area contributed by atoms with Gasteiger partial charge in [0.2, 0.25) is 5.89 Å². The summed E-state index contributed by atoms with van der Waals surface area (Å²) in [6, 6.07) is 11.5. The van der Waals surface area contributed by atoms with Crippen molar-refractivity contribution in [3.8, 4) is 11.5 Å². The van der Waals surface area contributed by atoms with Crippen molar-refractivity contribution in [1.29, 1.82) is 0 Å². The molecule has 1 heterocycles. The monoisotopic (exact) mass is 340 g/mol. The van der Waals surface area contributed by atoms with Gasteiger partial charge in [-0.25, -0.2) is 13.4 Å². The predicted molar refractivity (Wildman–Crippen MR) is 81.7 cm³/mol. The van der Waals surface area contributed by atoms with E-state index < -0.39 is 10.1 Å². The number of oxazole rings is 1. The Morgan fingerprint density at radius 1 is 1.09 bits per heavy atom. The maximum Gasteiger partial charge on any atom is 1.00 e. The Balaban J connectivity index is 0.00000192. The Hall–Kier alpha value is -1.38. The zero-order valence-electron chi connectivity index (χ0n) is 13.0. The second-order valence-electron chi connectivity index (χ2n) is 5.04. The molecule has 0 saturated carbocycles. The van der Waals surface area contributed by atoms with E-state index in [9.17, 15) is 13.0 Å². The fourth-order valence-electron chi connectivity index (χ4n) is 2.09. The van der Waals surface area contributed by atoms with Gasteiger partial charge in [-0.3, -0.25) is 0 Å². The molecular formula is C15H13N2NaO4S. The summed E-state index contributed by atoms with van der Waals surface area (Å²) in [4.78, 5) is 5.90. The molecule has 3 rings (SSSR count). The summed E-state index contributed by atoms with van der Waals surface area (Å²) >= 11 is 0. The third kappa shape index (κ3) is 3.76. The quantitative estimate of drug-likeness (QED) is 0.471. The molecule has 0 bridgehead atoms. The Morgan fingerprint density at radius 2 is 1.74 bits per heavy atom. The minimum absolute atomic E-state index is 0. The molecular weight excluding hydrogens is 327 g/mol. The molecule has 0 N–H and O–H groups in total. The van der Waals surface area contributed by atoms with Crippen LogP contribution in [0.3, 0.4) is 0 Å². The number of fused-ring (bicyclic) bond motifs is 1. The standard InChI is InChI=1S/C15H14N2O4S.Na/c1-17(2)11-5-3-10(4-6-11)15-16-13-9-12(22(18,19)20)7-8-14(13)21-15;/h3-9H,1-2H3,(H,18,19,20);/q;+1/p-1. The van der Waals surface area contributed by atoms with Crippen molar-refractivity contribution in [3.63, 3.8) is 0 Å². The molecule has 0 aliphatic rings. The van der Waals surface area contributed by atoms with Crippen LogP contribution >= 0.6 is 0 Å². The van der Waals surface area contributed by atoms with E-state index in [1.54, 1.807) is 0 Å². The number of benzene rings is 2. The van der Waals surface area contributed by atoms with Gasteiger partial charge < -0.3 is 13.9 Å². The average Bonchev–Trinajstić information content (AvgIpc) is 2.89. The van der Waals surface area contributed by atoms with Crippen molar-refractivity contribution in [2.75, 3.05) is 19.0 Å². The Bertz CT molecular complexity index is 934. The normalized spacial score (nSPS) is 11.3. The van der Waals surface area contributed by atoms with Crippen LogP contribution in [-0.2, 0) is 10.1 Å². The summed E-state index contributed by atoms with van der Waals surface area (Å²) < 4.78 is 38.7. The molecule has 0 aliphatic heterocycles. The Labute approximate surface area is 156 Å². The summed E-state index contributed by atoms with van der Waals surface area (Å²) in [6.07, 6.45) is 0. The molecule has 0 spiro atoms. The molecule has 8 heteroatoms. The van der Waals surface area contributed by atoms with Crippen LogP contribution in [0.4, 0.5) is 5.69 Å². The van der Waals surface area contributed by atoms with Gasteiger partial charge in [0, 0.05) is 25.3 Å². The SMILES string of the molecule is CN(C)c1ccc(-c2nc3cc(S(=O)(=O)[O-])ccc3o2)cc1.[Na+]. The van der Waals surface area contributed by atoms with Crippen LogP contribution in [0.1, 0.15) is 0 Å². The number of hydrogen-bond donors (Lipinski definition) is 0. The van der Waals surface area contributed by atoms with Crippen LogP contribution in [0, 0.1) is 0 Å². The van der Waals surface area contributed by atoms with Gasteiger partial charge in [0.05, 0.1) is 4.90 Å². The van der Waals surface area contributed by atoms with Crippen molar-refractivity contribution in [3.05, 3.63) is 42.5 Å². The molecule has 0 radical (unpaired) electrons. The first-order valence-corrected chi connectivity index (χ1v) is 7.90. The van der Waals surface area contributed by atoms with Crippen LogP contribution in [0.25, 0.3) is 22.6 Å². The number of hydrogen-bond acceptors (Lipinski definition) is 6. The molecule has 0 aliphatic carbocycles. The molecule has 23 heavy (non-hydrogen) atoms. The first kappa shape index (κ1) is 18.0. The molecule has 2 aromatic carbocycles. The summed E-state index contributed by atoms with van der Waals surface area (Å²) in [6.45, 7) is 0. The van der Waals surface area contributed by atoms with E-state index in [4.69, 9.17) is 4.42 Å². The molecule has 6 nitrogen and oxygen atoms in total. The fraction of sp³-hybridized carbons (Fsp3) is 0.133. The minimum atomic E-state index is -4.50. The fourth-order valence-corrected chi connectivity index (χ4v) is 2.58. The molecule has 114 valence electrons. The van der Waals surface area contributed by atoms with Crippen LogP contribution < -0.4 is 34.5 Å². The molecule has 0 saturated heterocycles. The van der Waals surface area contributed by atoms with Crippen molar-refractivity contribution in [1.82, 2.24) is 4.98 Å². The van der Waals surface area contributed by atoms with Crippen molar-refractivity contribution >= 4 is 26.9 Å². The van der Waals surface area contributed by atoms with Gasteiger partial charge in [0.15, 0.2) is 5.58 Å². The molecule has 0 amide bonds. The molecule has 1 aromatic heterocycles. The summed E-state index contributed by atoms with van der Waals surface area (Å²) in [5, 5.41) is 0. The topological polar surface area (TPSA) is 86.5 Å². The maximum absolute atomic E-state index is 11.0. The van der Waals surface area contributed by atoms with E-state index in [0.717, 1.165) is 11.3 Å². The zero-order chi connectivity index (χ0) is 15.9. The van der Waals surface area contributed by atoms with Crippen molar-refractivity contribution in [2.45, 2.75) is 4.90 Å². The van der Waals surface area contributed by atoms with Gasteiger partial charge >= 0.3 is 29.6 Å². The minimum Gasteiger partial charge on any atom is -0.744 e. The summed E-state index contributed by atoms with van der Waals surface area (Å²) in [5.41, 5.74) is 2.58. The third-order valence-corrected chi connectivity index (χ3v) is 4.11. The smallest absolute Gasteiger partial charge is 0.744 e. The van der Waals surface area contributed by atoms with Crippen LogP contribution in [0.15, 0.2) is 51.8 Å². The number of anilines is 1. The molecule has 0 unspecified atom stereocenters. The van der Waals surface area contributed by atoms with Crippen molar-refractivity contribution in [2.24, 2.45) is 0 Å². The van der Waals surface area contributed by atoms with E-state index in [1.165, 1.54) is 18.2 Å². The van der Waals surface area contributed by atoms with Crippen LogP contribution in [0.2, 0.25) is 0 Å². The van der Waals surface area contributed by atoms with Gasteiger partial charge in [-0.15, -0.1) is 0 Å². The second kappa shape index (κ2) is 6.62. The van der Waals surface area contributed by atoms with Crippen molar-refractivity contribution < 1.29 is 46.9 Å². The maximum atomic E-state index is 11.0. The van der Waals surface area contributed by atoms with Gasteiger partial charge in [-0.1, -0.05) is 0 Å². The van der Waals surface area contributed by atoms with Gasteiger partial charge in [-0.2, -0.15) is 0 Å². The van der Waals surface area contributed by atoms with Gasteiger partial charge in [0.25, 0.3) is 0 Å². The summed E-state index contributed by atoms with van der Waals surface area (Å²) in [5.74, 6) is 0.376.